The molecule has 2 amide bonds. The third-order valence-electron chi connectivity index (χ3n) is 5.05. The van der Waals surface area contributed by atoms with Gasteiger partial charge in [-0.2, -0.15) is 0 Å². The Kier molecular flexibility index (Phi) is 4.26. The van der Waals surface area contributed by atoms with Crippen molar-refractivity contribution < 1.29 is 4.79 Å². The number of nitrogens with zero attached hydrogens (tertiary/aromatic N) is 2. The molecule has 2 aromatic heterocycles. The molecule has 0 radical (unpaired) electrons. The predicted octanol–water partition coefficient (Wildman–Crippen LogP) is 4.55. The van der Waals surface area contributed by atoms with Crippen molar-refractivity contribution in [1.29, 1.82) is 0 Å². The lowest BCUT2D eigenvalue weighted by molar-refractivity contribution is 0.242. The smallest absolute Gasteiger partial charge is 0.320 e. The molecule has 140 valence electrons. The number of benzene rings is 2. The van der Waals surface area contributed by atoms with Crippen molar-refractivity contribution in [3.63, 3.8) is 0 Å². The van der Waals surface area contributed by atoms with Gasteiger partial charge in [-0.25, -0.2) is 9.78 Å². The van der Waals surface area contributed by atoms with Gasteiger partial charge in [0.1, 0.15) is 0 Å². The Morgan fingerprint density at radius 1 is 0.793 bits per heavy atom. The molecule has 4 aromatic rings. The van der Waals surface area contributed by atoms with Crippen LogP contribution in [-0.2, 0) is 0 Å². The van der Waals surface area contributed by atoms with Gasteiger partial charge >= 0.3 is 6.03 Å². The van der Waals surface area contributed by atoms with Gasteiger partial charge < -0.3 is 10.6 Å². The molecule has 1 aliphatic rings. The topological polar surface area (TPSA) is 66.9 Å². The highest BCUT2D eigenvalue weighted by Crippen LogP contribution is 2.37. The summed E-state index contributed by atoms with van der Waals surface area (Å²) in [6.45, 7) is 0. The van der Waals surface area contributed by atoms with Crippen LogP contribution in [0, 0.1) is 0 Å². The average molecular weight is 378 g/mol. The summed E-state index contributed by atoms with van der Waals surface area (Å²) in [4.78, 5) is 21.6. The average Bonchev–Trinajstić information content (AvgIpc) is 2.79. The molecule has 2 aromatic carbocycles. The number of rotatable bonds is 3. The highest BCUT2D eigenvalue weighted by molar-refractivity contribution is 6.03. The van der Waals surface area contributed by atoms with Crippen LogP contribution in [0.1, 0.15) is 22.9 Å². The molecule has 3 heterocycles. The van der Waals surface area contributed by atoms with Crippen molar-refractivity contribution in [2.75, 3.05) is 0 Å². The van der Waals surface area contributed by atoms with Gasteiger partial charge in [0.05, 0.1) is 22.9 Å². The first-order chi connectivity index (χ1) is 14.3. The van der Waals surface area contributed by atoms with Crippen LogP contribution >= 0.6 is 0 Å². The van der Waals surface area contributed by atoms with Crippen LogP contribution in [0.5, 0.6) is 0 Å². The van der Waals surface area contributed by atoms with E-state index in [-0.39, 0.29) is 12.1 Å². The summed E-state index contributed by atoms with van der Waals surface area (Å²) in [6, 6.07) is 25.2. The molecule has 0 saturated heterocycles. The molecular formula is C24H18N4O. The van der Waals surface area contributed by atoms with Crippen molar-refractivity contribution in [3.8, 4) is 0 Å². The largest absolute Gasteiger partial charge is 0.327 e. The van der Waals surface area contributed by atoms with Gasteiger partial charge in [0.2, 0.25) is 0 Å². The lowest BCUT2D eigenvalue weighted by Crippen LogP contribution is -2.43. The molecule has 0 spiro atoms. The van der Waals surface area contributed by atoms with Crippen LogP contribution < -0.4 is 10.6 Å². The molecule has 0 unspecified atom stereocenters. The molecule has 1 aliphatic heterocycles. The predicted molar refractivity (Wildman–Crippen MR) is 114 cm³/mol. The van der Waals surface area contributed by atoms with Crippen molar-refractivity contribution in [3.05, 3.63) is 108 Å². The molecule has 0 saturated carbocycles. The minimum Gasteiger partial charge on any atom is -0.327 e. The van der Waals surface area contributed by atoms with Crippen LogP contribution in [0.15, 0.2) is 91.3 Å². The molecule has 5 nitrogen and oxygen atoms in total. The maximum Gasteiger partial charge on any atom is 0.320 e. The highest BCUT2D eigenvalue weighted by atomic mass is 16.2. The fraction of sp³-hybridized carbons (Fsp3) is 0.0417. The number of carbonyl (C=O) groups excluding carboxylic acids is 1. The molecule has 0 aliphatic carbocycles. The van der Waals surface area contributed by atoms with Gasteiger partial charge in [0.15, 0.2) is 0 Å². The van der Waals surface area contributed by atoms with E-state index < -0.39 is 0 Å². The normalized spacial score (nSPS) is 16.4. The number of para-hydroxylation sites is 1. The van der Waals surface area contributed by atoms with Gasteiger partial charge in [0, 0.05) is 23.4 Å². The first kappa shape index (κ1) is 17.1. The Hall–Kier alpha value is -3.99. The number of carbonyl (C=O) groups is 1. The number of nitrogens with one attached hydrogen (secondary N) is 2. The fourth-order valence-electron chi connectivity index (χ4n) is 3.69. The van der Waals surface area contributed by atoms with Crippen LogP contribution in [-0.4, -0.2) is 16.0 Å². The summed E-state index contributed by atoms with van der Waals surface area (Å²) in [7, 11) is 0. The van der Waals surface area contributed by atoms with Crippen molar-refractivity contribution in [2.45, 2.75) is 6.04 Å². The standard InChI is InChI=1S/C24H18N4O/c29-24-27-22(17-7-2-1-3-8-17)21(23(28-24)18-12-14-25-15-13-18)20-11-10-16-6-4-5-9-19(16)26-20/h1-15,23H,(H2,27,28,29)/t23-/m0/s1. The summed E-state index contributed by atoms with van der Waals surface area (Å²) in [5, 5.41) is 7.13. The maximum absolute atomic E-state index is 12.5. The van der Waals surface area contributed by atoms with Crippen LogP contribution in [0.25, 0.3) is 22.2 Å². The van der Waals surface area contributed by atoms with Crippen LogP contribution in [0.2, 0.25) is 0 Å². The van der Waals surface area contributed by atoms with Crippen molar-refractivity contribution >= 4 is 28.2 Å². The number of amides is 2. The molecule has 5 rings (SSSR count). The summed E-state index contributed by atoms with van der Waals surface area (Å²) >= 11 is 0. The number of fused-ring (bicyclic) bond motifs is 1. The molecule has 0 bridgehead atoms. The first-order valence-electron chi connectivity index (χ1n) is 9.43. The van der Waals surface area contributed by atoms with E-state index in [1.54, 1.807) is 12.4 Å². The van der Waals surface area contributed by atoms with E-state index in [9.17, 15) is 4.79 Å². The highest BCUT2D eigenvalue weighted by Gasteiger charge is 2.30. The maximum atomic E-state index is 12.5. The van der Waals surface area contributed by atoms with Crippen LogP contribution in [0.4, 0.5) is 4.79 Å². The van der Waals surface area contributed by atoms with E-state index in [1.807, 2.05) is 72.8 Å². The molecule has 1 atom stereocenters. The Labute approximate surface area is 168 Å². The zero-order valence-electron chi connectivity index (χ0n) is 15.5. The summed E-state index contributed by atoms with van der Waals surface area (Å²) in [6.07, 6.45) is 3.47. The van der Waals surface area contributed by atoms with Crippen molar-refractivity contribution in [2.24, 2.45) is 0 Å². The number of hydrogen-bond donors (Lipinski definition) is 2. The lowest BCUT2D eigenvalue weighted by atomic mass is 9.90. The minimum absolute atomic E-state index is 0.241. The number of urea groups is 1. The number of pyridine rings is 2. The second kappa shape index (κ2) is 7.20. The monoisotopic (exact) mass is 378 g/mol. The molecule has 29 heavy (non-hydrogen) atoms. The summed E-state index contributed by atoms with van der Waals surface area (Å²) in [5.74, 6) is 0. The fourth-order valence-corrected chi connectivity index (χ4v) is 3.69. The van der Waals surface area contributed by atoms with Gasteiger partial charge in [-0.3, -0.25) is 4.98 Å². The van der Waals surface area contributed by atoms with E-state index >= 15 is 0 Å². The second-order valence-corrected chi connectivity index (χ2v) is 6.86. The molecule has 2 N–H and O–H groups in total. The Bertz CT molecular complexity index is 1220. The summed E-state index contributed by atoms with van der Waals surface area (Å²) in [5.41, 5.74) is 5.30. The minimum atomic E-state index is -0.337. The van der Waals surface area contributed by atoms with E-state index in [2.05, 4.69) is 21.7 Å². The van der Waals surface area contributed by atoms with Gasteiger partial charge in [-0.1, -0.05) is 54.6 Å². The van der Waals surface area contributed by atoms with Crippen LogP contribution in [0.3, 0.4) is 0 Å². The molecule has 0 fully saturated rings. The lowest BCUT2D eigenvalue weighted by Gasteiger charge is -2.30. The number of hydrogen-bond acceptors (Lipinski definition) is 3. The second-order valence-electron chi connectivity index (χ2n) is 6.86. The van der Waals surface area contributed by atoms with Gasteiger partial charge in [-0.15, -0.1) is 0 Å². The third-order valence-corrected chi connectivity index (χ3v) is 5.05. The molecular weight excluding hydrogens is 360 g/mol. The summed E-state index contributed by atoms with van der Waals surface area (Å²) < 4.78 is 0. The molecule has 5 heteroatoms. The van der Waals surface area contributed by atoms with E-state index in [0.29, 0.717) is 0 Å². The van der Waals surface area contributed by atoms with E-state index in [1.165, 1.54) is 0 Å². The first-order valence-corrected chi connectivity index (χ1v) is 9.43. The Morgan fingerprint density at radius 2 is 1.55 bits per heavy atom. The zero-order valence-corrected chi connectivity index (χ0v) is 15.5. The van der Waals surface area contributed by atoms with E-state index in [4.69, 9.17) is 4.98 Å². The number of aromatic nitrogens is 2. The quantitative estimate of drug-likeness (QED) is 0.549. The SMILES string of the molecule is O=C1NC(c2ccccc2)=C(c2ccc3ccccc3n2)[C@H](c2ccncc2)N1. The van der Waals surface area contributed by atoms with Crippen molar-refractivity contribution in [1.82, 2.24) is 20.6 Å². The third kappa shape index (κ3) is 3.23. The Morgan fingerprint density at radius 3 is 2.38 bits per heavy atom. The Balaban J connectivity index is 1.78. The van der Waals surface area contributed by atoms with Gasteiger partial charge in [-0.05, 0) is 35.4 Å². The van der Waals surface area contributed by atoms with E-state index in [0.717, 1.165) is 39.0 Å². The zero-order chi connectivity index (χ0) is 19.6. The van der Waals surface area contributed by atoms with Gasteiger partial charge in [0.25, 0.3) is 0 Å².